The lowest BCUT2D eigenvalue weighted by Gasteiger charge is -2.52. The maximum Gasteiger partial charge on any atom is 0.0544 e. The summed E-state index contributed by atoms with van der Waals surface area (Å²) in [5.41, 5.74) is 1.83. The Hall–Kier alpha value is -0.930. The molecule has 1 aromatic rings. The first-order chi connectivity index (χ1) is 9.66. The highest BCUT2D eigenvalue weighted by Crippen LogP contribution is 2.37. The van der Waals surface area contributed by atoms with Gasteiger partial charge in [0.25, 0.3) is 0 Å². The molecule has 20 heavy (non-hydrogen) atoms. The van der Waals surface area contributed by atoms with Crippen molar-refractivity contribution in [2.45, 2.75) is 63.6 Å². The van der Waals surface area contributed by atoms with Crippen LogP contribution in [0.3, 0.4) is 0 Å². The summed E-state index contributed by atoms with van der Waals surface area (Å²) in [6, 6.07) is 6.25. The summed E-state index contributed by atoms with van der Waals surface area (Å²) < 4.78 is 0. The summed E-state index contributed by atoms with van der Waals surface area (Å²) in [6.45, 7) is 7.96. The monoisotopic (exact) mass is 273 g/mol. The Morgan fingerprint density at radius 3 is 2.75 bits per heavy atom. The van der Waals surface area contributed by atoms with E-state index >= 15 is 0 Å². The standard InChI is InChI=1S/C17H27N3/c1-3-16(2)13-19-17(9-5-6-10-17)14-20(16)12-15-8-4-7-11-18-15/h4,7-8,11,19H,3,5-6,9-10,12-14H2,1-2H3. The minimum absolute atomic E-state index is 0.255. The largest absolute Gasteiger partial charge is 0.308 e. The van der Waals surface area contributed by atoms with E-state index < -0.39 is 0 Å². The maximum atomic E-state index is 4.53. The highest BCUT2D eigenvalue weighted by atomic mass is 15.3. The van der Waals surface area contributed by atoms with E-state index in [9.17, 15) is 0 Å². The predicted octanol–water partition coefficient (Wildman–Crippen LogP) is 2.97. The predicted molar refractivity (Wildman–Crippen MR) is 82.5 cm³/mol. The van der Waals surface area contributed by atoms with Gasteiger partial charge < -0.3 is 5.32 Å². The molecule has 1 atom stereocenters. The van der Waals surface area contributed by atoms with Gasteiger partial charge in [-0.1, -0.05) is 25.8 Å². The average molecular weight is 273 g/mol. The van der Waals surface area contributed by atoms with E-state index in [4.69, 9.17) is 0 Å². The van der Waals surface area contributed by atoms with Crippen LogP contribution in [0.15, 0.2) is 24.4 Å². The maximum absolute atomic E-state index is 4.53. The van der Waals surface area contributed by atoms with Gasteiger partial charge in [0.15, 0.2) is 0 Å². The Labute approximate surface area is 122 Å². The number of piperazine rings is 1. The minimum atomic E-state index is 0.255. The van der Waals surface area contributed by atoms with Gasteiger partial charge in [-0.15, -0.1) is 0 Å². The second kappa shape index (κ2) is 5.45. The highest BCUT2D eigenvalue weighted by Gasteiger charge is 2.45. The van der Waals surface area contributed by atoms with E-state index in [2.05, 4.69) is 41.2 Å². The molecule has 1 unspecified atom stereocenters. The molecule has 2 heterocycles. The highest BCUT2D eigenvalue weighted by molar-refractivity contribution is 5.09. The van der Waals surface area contributed by atoms with E-state index in [1.54, 1.807) is 0 Å². The molecular formula is C17H27N3. The second-order valence-electron chi connectivity index (χ2n) is 6.87. The lowest BCUT2D eigenvalue weighted by Crippen LogP contribution is -2.67. The topological polar surface area (TPSA) is 28.2 Å². The Bertz CT molecular complexity index is 439. The Morgan fingerprint density at radius 1 is 1.30 bits per heavy atom. The summed E-state index contributed by atoms with van der Waals surface area (Å²) in [7, 11) is 0. The smallest absolute Gasteiger partial charge is 0.0544 e. The van der Waals surface area contributed by atoms with Crippen LogP contribution in [0.5, 0.6) is 0 Å². The number of nitrogens with one attached hydrogen (secondary N) is 1. The minimum Gasteiger partial charge on any atom is -0.308 e. The molecule has 1 aliphatic heterocycles. The molecule has 0 amide bonds. The van der Waals surface area contributed by atoms with Gasteiger partial charge in [-0.2, -0.15) is 0 Å². The molecule has 1 N–H and O–H groups in total. The van der Waals surface area contributed by atoms with Crippen molar-refractivity contribution in [1.29, 1.82) is 0 Å². The van der Waals surface area contributed by atoms with Crippen molar-refractivity contribution >= 4 is 0 Å². The van der Waals surface area contributed by atoms with Gasteiger partial charge in [-0.05, 0) is 38.3 Å². The van der Waals surface area contributed by atoms with Crippen LogP contribution in [0.4, 0.5) is 0 Å². The van der Waals surface area contributed by atoms with E-state index in [-0.39, 0.29) is 5.54 Å². The fourth-order valence-electron chi connectivity index (χ4n) is 3.77. The number of nitrogens with zero attached hydrogens (tertiary/aromatic N) is 2. The molecule has 110 valence electrons. The quantitative estimate of drug-likeness (QED) is 0.917. The fraction of sp³-hybridized carbons (Fsp3) is 0.706. The van der Waals surface area contributed by atoms with Gasteiger partial charge in [-0.3, -0.25) is 9.88 Å². The molecule has 0 aromatic carbocycles. The zero-order valence-electron chi connectivity index (χ0n) is 12.9. The number of aromatic nitrogens is 1. The molecule has 1 spiro atoms. The zero-order chi connectivity index (χ0) is 14.1. The van der Waals surface area contributed by atoms with Crippen LogP contribution in [0.1, 0.15) is 51.6 Å². The van der Waals surface area contributed by atoms with Crippen LogP contribution in [0, 0.1) is 0 Å². The number of hydrogen-bond donors (Lipinski definition) is 1. The third-order valence-electron chi connectivity index (χ3n) is 5.50. The molecular weight excluding hydrogens is 246 g/mol. The normalized spacial score (nSPS) is 29.9. The molecule has 0 bridgehead atoms. The SMILES string of the molecule is CCC1(C)CNC2(CCCC2)CN1Cc1ccccn1. The third-order valence-corrected chi connectivity index (χ3v) is 5.50. The van der Waals surface area contributed by atoms with E-state index in [0.717, 1.165) is 13.1 Å². The molecule has 3 heteroatoms. The van der Waals surface area contributed by atoms with Gasteiger partial charge in [-0.25, -0.2) is 0 Å². The summed E-state index contributed by atoms with van der Waals surface area (Å²) in [5, 5.41) is 3.89. The van der Waals surface area contributed by atoms with Gasteiger partial charge >= 0.3 is 0 Å². The van der Waals surface area contributed by atoms with Crippen LogP contribution < -0.4 is 5.32 Å². The fourth-order valence-corrected chi connectivity index (χ4v) is 3.77. The summed E-state index contributed by atoms with van der Waals surface area (Å²) in [5.74, 6) is 0. The summed E-state index contributed by atoms with van der Waals surface area (Å²) in [4.78, 5) is 7.20. The van der Waals surface area contributed by atoms with Crippen molar-refractivity contribution in [3.8, 4) is 0 Å². The number of hydrogen-bond acceptors (Lipinski definition) is 3. The lowest BCUT2D eigenvalue weighted by molar-refractivity contribution is 0.00692. The van der Waals surface area contributed by atoms with Crippen molar-refractivity contribution in [2.24, 2.45) is 0 Å². The second-order valence-corrected chi connectivity index (χ2v) is 6.87. The molecule has 2 fully saturated rings. The van der Waals surface area contributed by atoms with E-state index in [0.29, 0.717) is 5.54 Å². The van der Waals surface area contributed by atoms with Crippen LogP contribution in [0.25, 0.3) is 0 Å². The molecule has 3 rings (SSSR count). The van der Waals surface area contributed by atoms with Gasteiger partial charge in [0.2, 0.25) is 0 Å². The van der Waals surface area contributed by atoms with E-state index in [1.807, 2.05) is 12.3 Å². The Kier molecular flexibility index (Phi) is 3.83. The molecule has 3 nitrogen and oxygen atoms in total. The van der Waals surface area contributed by atoms with Crippen LogP contribution in [-0.4, -0.2) is 34.1 Å². The van der Waals surface area contributed by atoms with Crippen molar-refractivity contribution in [3.63, 3.8) is 0 Å². The van der Waals surface area contributed by atoms with Gasteiger partial charge in [0, 0.05) is 36.9 Å². The lowest BCUT2D eigenvalue weighted by atomic mass is 9.85. The van der Waals surface area contributed by atoms with Crippen molar-refractivity contribution in [3.05, 3.63) is 30.1 Å². The first kappa shape index (κ1) is 14.0. The van der Waals surface area contributed by atoms with Crippen LogP contribution in [0.2, 0.25) is 0 Å². The van der Waals surface area contributed by atoms with Gasteiger partial charge in [0.1, 0.15) is 0 Å². The molecule has 1 aromatic heterocycles. The zero-order valence-corrected chi connectivity index (χ0v) is 12.9. The number of rotatable bonds is 3. The van der Waals surface area contributed by atoms with Crippen molar-refractivity contribution in [1.82, 2.24) is 15.2 Å². The summed E-state index contributed by atoms with van der Waals surface area (Å²) >= 11 is 0. The molecule has 1 saturated heterocycles. The van der Waals surface area contributed by atoms with Crippen LogP contribution >= 0.6 is 0 Å². The average Bonchev–Trinajstić information content (AvgIpc) is 2.93. The third kappa shape index (κ3) is 2.61. The Morgan fingerprint density at radius 2 is 2.10 bits per heavy atom. The number of pyridine rings is 1. The van der Waals surface area contributed by atoms with Gasteiger partial charge in [0.05, 0.1) is 5.69 Å². The molecule has 1 saturated carbocycles. The first-order valence-electron chi connectivity index (χ1n) is 8.06. The molecule has 0 radical (unpaired) electrons. The molecule has 2 aliphatic rings. The Balaban J connectivity index is 1.79. The first-order valence-corrected chi connectivity index (χ1v) is 8.06. The summed E-state index contributed by atoms with van der Waals surface area (Å²) in [6.07, 6.45) is 8.53. The van der Waals surface area contributed by atoms with Crippen molar-refractivity contribution in [2.75, 3.05) is 13.1 Å². The molecule has 1 aliphatic carbocycles. The van der Waals surface area contributed by atoms with Crippen molar-refractivity contribution < 1.29 is 0 Å². The van der Waals surface area contributed by atoms with E-state index in [1.165, 1.54) is 44.3 Å². The van der Waals surface area contributed by atoms with Crippen LogP contribution in [-0.2, 0) is 6.54 Å².